The van der Waals surface area contributed by atoms with Crippen LogP contribution >= 0.6 is 0 Å². The maximum Gasteiger partial charge on any atom is 0.324 e. The van der Waals surface area contributed by atoms with E-state index < -0.39 is 27.6 Å². The minimum absolute atomic E-state index is 0.124. The molecule has 0 radical (unpaired) electrons. The van der Waals surface area contributed by atoms with Gasteiger partial charge in [0.2, 0.25) is 10.0 Å². The molecule has 0 fully saturated rings. The molecule has 118 valence electrons. The van der Waals surface area contributed by atoms with Crippen LogP contribution in [0.25, 0.3) is 0 Å². The lowest BCUT2D eigenvalue weighted by atomic mass is 10.1. The SMILES string of the molecule is CC(C)[C@@H](NS(=O)(=O)c1ccccc1)C(=O)OC(C)(C)C. The smallest absolute Gasteiger partial charge is 0.324 e. The summed E-state index contributed by atoms with van der Waals surface area (Å²) in [5.74, 6) is -0.796. The highest BCUT2D eigenvalue weighted by Gasteiger charge is 2.31. The van der Waals surface area contributed by atoms with Crippen LogP contribution in [0.5, 0.6) is 0 Å². The molecule has 1 aromatic carbocycles. The van der Waals surface area contributed by atoms with Gasteiger partial charge in [-0.2, -0.15) is 4.72 Å². The first-order chi connectivity index (χ1) is 9.53. The third-order valence-corrected chi connectivity index (χ3v) is 4.12. The number of esters is 1. The average Bonchev–Trinajstić information content (AvgIpc) is 2.34. The second-order valence-electron chi connectivity index (χ2n) is 6.19. The van der Waals surface area contributed by atoms with Gasteiger partial charge >= 0.3 is 5.97 Å². The predicted molar refractivity (Wildman–Crippen MR) is 81.2 cm³/mol. The summed E-state index contributed by atoms with van der Waals surface area (Å²) < 4.78 is 32.3. The monoisotopic (exact) mass is 313 g/mol. The summed E-state index contributed by atoms with van der Waals surface area (Å²) in [6.07, 6.45) is 0. The molecule has 0 saturated heterocycles. The van der Waals surface area contributed by atoms with Gasteiger partial charge in [-0.15, -0.1) is 0 Å². The number of nitrogens with one attached hydrogen (secondary N) is 1. The third kappa shape index (κ3) is 5.47. The molecule has 0 bridgehead atoms. The van der Waals surface area contributed by atoms with Gasteiger partial charge in [0.1, 0.15) is 11.6 Å². The first-order valence-electron chi connectivity index (χ1n) is 6.83. The van der Waals surface area contributed by atoms with Gasteiger partial charge in [-0.1, -0.05) is 32.0 Å². The molecule has 1 aromatic rings. The number of carbonyl (C=O) groups is 1. The number of benzene rings is 1. The zero-order valence-corrected chi connectivity index (χ0v) is 13.9. The Morgan fingerprint density at radius 3 is 2.10 bits per heavy atom. The van der Waals surface area contributed by atoms with Crippen LogP contribution in [0.4, 0.5) is 0 Å². The summed E-state index contributed by atoms with van der Waals surface area (Å²) in [4.78, 5) is 12.3. The standard InChI is InChI=1S/C15H23NO4S/c1-11(2)13(14(17)20-15(3,4)5)16-21(18,19)12-9-7-6-8-10-12/h6-11,13,16H,1-5H3/t13-/m1/s1. The Hall–Kier alpha value is -1.40. The Kier molecular flexibility index (Phi) is 5.53. The zero-order valence-electron chi connectivity index (χ0n) is 13.1. The van der Waals surface area contributed by atoms with Gasteiger partial charge in [0.25, 0.3) is 0 Å². The molecule has 0 spiro atoms. The van der Waals surface area contributed by atoms with Gasteiger partial charge in [-0.05, 0) is 38.8 Å². The van der Waals surface area contributed by atoms with Crippen molar-refractivity contribution in [1.82, 2.24) is 4.72 Å². The minimum atomic E-state index is -3.76. The molecule has 0 aliphatic rings. The van der Waals surface area contributed by atoms with Crippen molar-refractivity contribution in [2.45, 2.75) is 51.2 Å². The molecule has 0 aromatic heterocycles. The normalized spacial score (nSPS) is 14.0. The van der Waals surface area contributed by atoms with Crippen LogP contribution in [0.1, 0.15) is 34.6 Å². The van der Waals surface area contributed by atoms with E-state index in [1.54, 1.807) is 52.8 Å². The third-order valence-electron chi connectivity index (χ3n) is 2.66. The highest BCUT2D eigenvalue weighted by molar-refractivity contribution is 7.89. The van der Waals surface area contributed by atoms with E-state index in [2.05, 4.69) is 4.72 Å². The highest BCUT2D eigenvalue weighted by atomic mass is 32.2. The van der Waals surface area contributed by atoms with Crippen molar-refractivity contribution in [1.29, 1.82) is 0 Å². The lowest BCUT2D eigenvalue weighted by Gasteiger charge is -2.26. The molecule has 0 unspecified atom stereocenters. The molecule has 1 N–H and O–H groups in total. The Labute approximate surface area is 126 Å². The first-order valence-corrected chi connectivity index (χ1v) is 8.31. The van der Waals surface area contributed by atoms with E-state index in [-0.39, 0.29) is 10.8 Å². The number of sulfonamides is 1. The zero-order chi connectivity index (χ0) is 16.3. The molecular formula is C15H23NO4S. The maximum atomic E-state index is 12.3. The summed E-state index contributed by atoms with van der Waals surface area (Å²) >= 11 is 0. The lowest BCUT2D eigenvalue weighted by Crippen LogP contribution is -2.47. The van der Waals surface area contributed by atoms with E-state index in [0.29, 0.717) is 0 Å². The average molecular weight is 313 g/mol. The van der Waals surface area contributed by atoms with Crippen LogP contribution < -0.4 is 4.72 Å². The summed E-state index contributed by atoms with van der Waals surface area (Å²) in [6.45, 7) is 8.76. The number of hydrogen-bond donors (Lipinski definition) is 1. The fourth-order valence-electron chi connectivity index (χ4n) is 1.66. The Balaban J connectivity index is 2.97. The van der Waals surface area contributed by atoms with Gasteiger partial charge in [-0.3, -0.25) is 4.79 Å². The van der Waals surface area contributed by atoms with E-state index >= 15 is 0 Å². The van der Waals surface area contributed by atoms with Crippen LogP contribution in [0, 0.1) is 5.92 Å². The van der Waals surface area contributed by atoms with E-state index in [9.17, 15) is 13.2 Å². The molecule has 0 aliphatic heterocycles. The van der Waals surface area contributed by atoms with Crippen molar-refractivity contribution in [3.63, 3.8) is 0 Å². The molecule has 5 nitrogen and oxygen atoms in total. The molecule has 0 heterocycles. The van der Waals surface area contributed by atoms with Crippen molar-refractivity contribution in [2.24, 2.45) is 5.92 Å². The van der Waals surface area contributed by atoms with Crippen LogP contribution in [0.3, 0.4) is 0 Å². The number of ether oxygens (including phenoxy) is 1. The number of carbonyl (C=O) groups excluding carboxylic acids is 1. The fourth-order valence-corrected chi connectivity index (χ4v) is 3.01. The van der Waals surface area contributed by atoms with Crippen molar-refractivity contribution in [3.05, 3.63) is 30.3 Å². The first kappa shape index (κ1) is 17.7. The predicted octanol–water partition coefficient (Wildman–Crippen LogP) is 2.33. The topological polar surface area (TPSA) is 72.5 Å². The Morgan fingerprint density at radius 2 is 1.67 bits per heavy atom. The van der Waals surface area contributed by atoms with Crippen LogP contribution in [0.15, 0.2) is 35.2 Å². The van der Waals surface area contributed by atoms with Crippen molar-refractivity contribution < 1.29 is 17.9 Å². The van der Waals surface area contributed by atoms with Crippen LogP contribution in [-0.2, 0) is 19.6 Å². The number of hydrogen-bond acceptors (Lipinski definition) is 4. The molecule has 0 amide bonds. The van der Waals surface area contributed by atoms with Gasteiger partial charge in [0, 0.05) is 0 Å². The fraction of sp³-hybridized carbons (Fsp3) is 0.533. The molecule has 6 heteroatoms. The van der Waals surface area contributed by atoms with Gasteiger partial charge in [0.15, 0.2) is 0 Å². The molecule has 0 aliphatic carbocycles. The highest BCUT2D eigenvalue weighted by Crippen LogP contribution is 2.15. The molecule has 0 saturated carbocycles. The van der Waals surface area contributed by atoms with E-state index in [1.165, 1.54) is 12.1 Å². The molecule has 1 atom stereocenters. The van der Waals surface area contributed by atoms with Crippen LogP contribution in [0.2, 0.25) is 0 Å². The largest absolute Gasteiger partial charge is 0.459 e. The van der Waals surface area contributed by atoms with Crippen LogP contribution in [-0.4, -0.2) is 26.0 Å². The number of rotatable bonds is 5. The van der Waals surface area contributed by atoms with Gasteiger partial charge in [-0.25, -0.2) is 8.42 Å². The van der Waals surface area contributed by atoms with E-state index in [0.717, 1.165) is 0 Å². The summed E-state index contributed by atoms with van der Waals surface area (Å²) in [7, 11) is -3.76. The Morgan fingerprint density at radius 1 is 1.14 bits per heavy atom. The van der Waals surface area contributed by atoms with E-state index in [1.807, 2.05) is 0 Å². The van der Waals surface area contributed by atoms with Crippen molar-refractivity contribution in [2.75, 3.05) is 0 Å². The molecular weight excluding hydrogens is 290 g/mol. The second kappa shape index (κ2) is 6.58. The minimum Gasteiger partial charge on any atom is -0.459 e. The quantitative estimate of drug-likeness (QED) is 0.847. The lowest BCUT2D eigenvalue weighted by molar-refractivity contribution is -0.158. The Bertz CT molecular complexity index is 573. The molecule has 21 heavy (non-hydrogen) atoms. The summed E-state index contributed by atoms with van der Waals surface area (Å²) in [5.41, 5.74) is -0.664. The molecule has 1 rings (SSSR count). The van der Waals surface area contributed by atoms with Crippen molar-refractivity contribution >= 4 is 16.0 Å². The maximum absolute atomic E-state index is 12.3. The van der Waals surface area contributed by atoms with Gasteiger partial charge < -0.3 is 4.74 Å². The van der Waals surface area contributed by atoms with Gasteiger partial charge in [0.05, 0.1) is 4.90 Å². The van der Waals surface area contributed by atoms with Crippen molar-refractivity contribution in [3.8, 4) is 0 Å². The summed E-state index contributed by atoms with van der Waals surface area (Å²) in [5, 5.41) is 0. The summed E-state index contributed by atoms with van der Waals surface area (Å²) in [6, 6.07) is 7.03. The van der Waals surface area contributed by atoms with E-state index in [4.69, 9.17) is 4.74 Å². The second-order valence-corrected chi connectivity index (χ2v) is 7.90.